The number of rotatable bonds is 6. The monoisotopic (exact) mass is 583 g/mol. The van der Waals surface area contributed by atoms with Crippen LogP contribution in [0.15, 0.2) is 94.7 Å². The maximum atomic E-state index is 14.7. The van der Waals surface area contributed by atoms with E-state index < -0.39 is 44.7 Å². The average Bonchev–Trinajstić information content (AvgIpc) is 3.23. The lowest BCUT2D eigenvalue weighted by Crippen LogP contribution is -2.33. The van der Waals surface area contributed by atoms with Crippen LogP contribution in [0.4, 0.5) is 17.6 Å². The highest BCUT2D eigenvalue weighted by molar-refractivity contribution is 7.90. The number of sulfonamides is 1. The predicted octanol–water partition coefficient (Wildman–Crippen LogP) is 5.63. The van der Waals surface area contributed by atoms with E-state index in [2.05, 4.69) is 4.98 Å². The largest absolute Gasteiger partial charge is 0.416 e. The number of aromatic nitrogens is 2. The van der Waals surface area contributed by atoms with Crippen molar-refractivity contribution in [1.82, 2.24) is 14.3 Å². The van der Waals surface area contributed by atoms with E-state index >= 15 is 0 Å². The molecular weight excluding hydrogens is 562 g/mol. The first kappa shape index (κ1) is 27.8. The molecule has 0 spiro atoms. The minimum atomic E-state index is -4.76. The van der Waals surface area contributed by atoms with E-state index in [4.69, 9.17) is 0 Å². The molecule has 0 bridgehead atoms. The zero-order valence-electron chi connectivity index (χ0n) is 21.3. The number of aromatic amines is 1. The van der Waals surface area contributed by atoms with Crippen molar-refractivity contribution in [3.05, 3.63) is 124 Å². The van der Waals surface area contributed by atoms with Crippen molar-refractivity contribution in [3.8, 4) is 11.1 Å². The minimum absolute atomic E-state index is 0.0533. The summed E-state index contributed by atoms with van der Waals surface area (Å²) >= 11 is 0. The number of pyridine rings is 1. The van der Waals surface area contributed by atoms with Crippen LogP contribution < -0.4 is 10.3 Å². The summed E-state index contributed by atoms with van der Waals surface area (Å²) in [7, 11) is -4.46. The quantitative estimate of drug-likeness (QED) is 0.253. The number of hydrogen-bond donors (Lipinski definition) is 2. The molecule has 0 aliphatic rings. The van der Waals surface area contributed by atoms with E-state index in [-0.39, 0.29) is 39.0 Å². The van der Waals surface area contributed by atoms with Gasteiger partial charge in [0.25, 0.3) is 21.5 Å². The van der Waals surface area contributed by atoms with Gasteiger partial charge in [-0.3, -0.25) is 9.59 Å². The molecule has 12 heteroatoms. The standard InChI is InChI=1S/C29H21F4N3O4S/c1-17-6-4-8-20(14-17)41(39,40)35-28(38)26-25(21-9-5-13-34-27(21)37)22-15-19(29(31,32)33)11-12-24(22)36(26)16-18-7-2-3-10-23(18)30/h2-15H,16H2,1H3,(H,34,37)(H,35,38). The molecule has 210 valence electrons. The second-order valence-electron chi connectivity index (χ2n) is 9.29. The molecule has 5 aromatic rings. The number of nitrogens with zero attached hydrogens (tertiary/aromatic N) is 1. The van der Waals surface area contributed by atoms with Gasteiger partial charge in [0.2, 0.25) is 0 Å². The van der Waals surface area contributed by atoms with Gasteiger partial charge in [-0.05, 0) is 61.0 Å². The molecule has 0 fully saturated rings. The Morgan fingerprint density at radius 2 is 1.73 bits per heavy atom. The Balaban J connectivity index is 1.82. The van der Waals surface area contributed by atoms with Crippen LogP contribution in [0.5, 0.6) is 0 Å². The first-order valence-electron chi connectivity index (χ1n) is 12.2. The van der Waals surface area contributed by atoms with Gasteiger partial charge in [-0.15, -0.1) is 0 Å². The van der Waals surface area contributed by atoms with Gasteiger partial charge in [0, 0.05) is 33.8 Å². The SMILES string of the molecule is Cc1cccc(S(=O)(=O)NC(=O)c2c(-c3ccc[nH]c3=O)c3cc(C(F)(F)F)ccc3n2Cc2ccccc2F)c1. The molecule has 2 heterocycles. The summed E-state index contributed by atoms with van der Waals surface area (Å²) in [5.74, 6) is -1.87. The summed E-state index contributed by atoms with van der Waals surface area (Å²) in [6.45, 7) is 1.30. The Kier molecular flexibility index (Phi) is 7.03. The first-order chi connectivity index (χ1) is 19.4. The molecular formula is C29H21F4N3O4S. The molecule has 5 rings (SSSR count). The number of carbonyl (C=O) groups is 1. The lowest BCUT2D eigenvalue weighted by Gasteiger charge is -2.14. The van der Waals surface area contributed by atoms with Crippen molar-refractivity contribution < 1.29 is 30.8 Å². The molecule has 0 unspecified atom stereocenters. The normalized spacial score (nSPS) is 12.0. The summed E-state index contributed by atoms with van der Waals surface area (Å²) in [6.07, 6.45) is -3.47. The number of carbonyl (C=O) groups excluding carboxylic acids is 1. The van der Waals surface area contributed by atoms with Gasteiger partial charge >= 0.3 is 6.18 Å². The number of fused-ring (bicyclic) bond motifs is 1. The third-order valence-corrected chi connectivity index (χ3v) is 7.84. The van der Waals surface area contributed by atoms with E-state index in [0.29, 0.717) is 5.56 Å². The first-order valence-corrected chi connectivity index (χ1v) is 13.6. The molecule has 0 saturated carbocycles. The Morgan fingerprint density at radius 3 is 2.41 bits per heavy atom. The van der Waals surface area contributed by atoms with Crippen LogP contribution in [-0.2, 0) is 22.7 Å². The van der Waals surface area contributed by atoms with Crippen molar-refractivity contribution in [2.45, 2.75) is 24.5 Å². The second-order valence-corrected chi connectivity index (χ2v) is 11.0. The molecule has 3 aromatic carbocycles. The molecule has 2 N–H and O–H groups in total. The van der Waals surface area contributed by atoms with Crippen LogP contribution >= 0.6 is 0 Å². The third kappa shape index (κ3) is 5.38. The maximum Gasteiger partial charge on any atom is 0.416 e. The molecule has 41 heavy (non-hydrogen) atoms. The number of alkyl halides is 3. The average molecular weight is 584 g/mol. The van der Waals surface area contributed by atoms with Gasteiger partial charge < -0.3 is 9.55 Å². The topological polar surface area (TPSA) is 101 Å². The Bertz CT molecular complexity index is 1980. The molecule has 2 aromatic heterocycles. The number of amides is 1. The lowest BCUT2D eigenvalue weighted by molar-refractivity contribution is -0.137. The van der Waals surface area contributed by atoms with Gasteiger partial charge in [-0.25, -0.2) is 17.5 Å². The molecule has 7 nitrogen and oxygen atoms in total. The molecule has 0 atom stereocenters. The Morgan fingerprint density at radius 1 is 0.976 bits per heavy atom. The van der Waals surface area contributed by atoms with Gasteiger partial charge in [0.15, 0.2) is 0 Å². The summed E-state index contributed by atoms with van der Waals surface area (Å²) in [5.41, 5.74) is -1.90. The molecule has 0 radical (unpaired) electrons. The fourth-order valence-corrected chi connectivity index (χ4v) is 5.69. The summed E-state index contributed by atoms with van der Waals surface area (Å²) < 4.78 is 85.6. The van der Waals surface area contributed by atoms with Gasteiger partial charge in [-0.2, -0.15) is 13.2 Å². The Hall–Kier alpha value is -4.71. The predicted molar refractivity (Wildman–Crippen MR) is 144 cm³/mol. The van der Waals surface area contributed by atoms with Crippen LogP contribution in [0.25, 0.3) is 22.0 Å². The number of benzene rings is 3. The summed E-state index contributed by atoms with van der Waals surface area (Å²) in [4.78, 5) is 28.9. The zero-order valence-corrected chi connectivity index (χ0v) is 22.1. The van der Waals surface area contributed by atoms with Crippen molar-refractivity contribution in [2.24, 2.45) is 0 Å². The van der Waals surface area contributed by atoms with E-state index in [1.165, 1.54) is 65.4 Å². The highest BCUT2D eigenvalue weighted by atomic mass is 32.2. The van der Waals surface area contributed by atoms with Crippen molar-refractivity contribution >= 4 is 26.8 Å². The van der Waals surface area contributed by atoms with Gasteiger partial charge in [0.05, 0.1) is 17.0 Å². The van der Waals surface area contributed by atoms with Crippen molar-refractivity contribution in [1.29, 1.82) is 0 Å². The highest BCUT2D eigenvalue weighted by Gasteiger charge is 2.34. The van der Waals surface area contributed by atoms with E-state index in [0.717, 1.165) is 18.2 Å². The van der Waals surface area contributed by atoms with Crippen LogP contribution in [0.1, 0.15) is 27.2 Å². The van der Waals surface area contributed by atoms with Crippen molar-refractivity contribution in [2.75, 3.05) is 0 Å². The van der Waals surface area contributed by atoms with Crippen LogP contribution in [0.3, 0.4) is 0 Å². The van der Waals surface area contributed by atoms with Gasteiger partial charge in [0.1, 0.15) is 11.5 Å². The van der Waals surface area contributed by atoms with Crippen LogP contribution in [0, 0.1) is 12.7 Å². The number of H-pyrrole nitrogens is 1. The molecule has 1 amide bonds. The second kappa shape index (κ2) is 10.4. The van der Waals surface area contributed by atoms with Crippen LogP contribution in [0.2, 0.25) is 0 Å². The van der Waals surface area contributed by atoms with E-state index in [9.17, 15) is 35.6 Å². The van der Waals surface area contributed by atoms with Crippen molar-refractivity contribution in [3.63, 3.8) is 0 Å². The number of aryl methyl sites for hydroxylation is 1. The maximum absolute atomic E-state index is 14.7. The smallest absolute Gasteiger partial charge is 0.331 e. The van der Waals surface area contributed by atoms with Crippen LogP contribution in [-0.4, -0.2) is 23.9 Å². The van der Waals surface area contributed by atoms with E-state index in [1.807, 2.05) is 4.72 Å². The number of halogens is 4. The lowest BCUT2D eigenvalue weighted by atomic mass is 10.0. The molecule has 0 aliphatic carbocycles. The summed E-state index contributed by atoms with van der Waals surface area (Å²) in [5, 5.41) is -0.147. The fourth-order valence-electron chi connectivity index (χ4n) is 4.63. The third-order valence-electron chi connectivity index (χ3n) is 6.51. The zero-order chi connectivity index (χ0) is 29.5. The summed E-state index contributed by atoms with van der Waals surface area (Å²) in [6, 6.07) is 16.7. The number of hydrogen-bond acceptors (Lipinski definition) is 4. The minimum Gasteiger partial charge on any atom is -0.331 e. The molecule has 0 aliphatic heterocycles. The Labute approximate surface area is 231 Å². The number of nitrogens with one attached hydrogen (secondary N) is 2. The van der Waals surface area contributed by atoms with E-state index in [1.54, 1.807) is 13.0 Å². The molecule has 0 saturated heterocycles. The fraction of sp³-hybridized carbons (Fsp3) is 0.103. The van der Waals surface area contributed by atoms with Gasteiger partial charge in [-0.1, -0.05) is 30.3 Å². The highest BCUT2D eigenvalue weighted by Crippen LogP contribution is 2.39.